The maximum Gasteiger partial charge on any atom is 0.139 e. The molecule has 0 aromatic heterocycles. The molecular formula is C11H25OPS. The normalized spacial score (nSPS) is 11.9. The molecule has 0 saturated carbocycles. The van der Waals surface area contributed by atoms with E-state index in [0.29, 0.717) is 0 Å². The Bertz CT molecular complexity index is 142. The predicted molar refractivity (Wildman–Crippen MR) is 69.9 cm³/mol. The van der Waals surface area contributed by atoms with E-state index in [1.54, 1.807) is 11.4 Å². The van der Waals surface area contributed by atoms with Gasteiger partial charge in [-0.1, -0.05) is 45.0 Å². The molecule has 86 valence electrons. The summed E-state index contributed by atoms with van der Waals surface area (Å²) in [6.07, 6.45) is 5.84. The lowest BCUT2D eigenvalue weighted by Crippen LogP contribution is -1.93. The van der Waals surface area contributed by atoms with Crippen molar-refractivity contribution in [2.45, 2.75) is 52.9 Å². The van der Waals surface area contributed by atoms with Crippen LogP contribution < -0.4 is 0 Å². The van der Waals surface area contributed by atoms with E-state index in [1.807, 2.05) is 0 Å². The molecule has 0 atom stereocenters. The highest BCUT2D eigenvalue weighted by Gasteiger charge is 2.20. The summed E-state index contributed by atoms with van der Waals surface area (Å²) < 4.78 is 12.5. The molecule has 0 aromatic rings. The third-order valence-electron chi connectivity index (χ3n) is 2.24. The Morgan fingerprint density at radius 2 is 1.43 bits per heavy atom. The van der Waals surface area contributed by atoms with E-state index in [9.17, 15) is 4.57 Å². The molecule has 0 aromatic carbocycles. The first-order chi connectivity index (χ1) is 6.68. The van der Waals surface area contributed by atoms with Gasteiger partial charge in [-0.15, -0.1) is 0 Å². The van der Waals surface area contributed by atoms with Crippen LogP contribution in [0.3, 0.4) is 0 Å². The quantitative estimate of drug-likeness (QED) is 0.523. The third kappa shape index (κ3) is 6.95. The van der Waals surface area contributed by atoms with Crippen molar-refractivity contribution in [2.24, 2.45) is 0 Å². The fourth-order valence-corrected chi connectivity index (χ4v) is 6.98. The van der Waals surface area contributed by atoms with Crippen LogP contribution in [0.4, 0.5) is 0 Å². The highest BCUT2D eigenvalue weighted by molar-refractivity contribution is 8.58. The van der Waals surface area contributed by atoms with E-state index < -0.39 is 6.34 Å². The summed E-state index contributed by atoms with van der Waals surface area (Å²) in [5, 5.41) is 0. The second kappa shape index (κ2) is 8.85. The van der Waals surface area contributed by atoms with Crippen molar-refractivity contribution < 1.29 is 4.57 Å². The van der Waals surface area contributed by atoms with E-state index in [-0.39, 0.29) is 0 Å². The van der Waals surface area contributed by atoms with Crippen LogP contribution >= 0.6 is 17.7 Å². The molecule has 0 aliphatic heterocycles. The summed E-state index contributed by atoms with van der Waals surface area (Å²) in [6.45, 7) is 6.51. The minimum Gasteiger partial charge on any atom is -0.312 e. The minimum atomic E-state index is -1.85. The molecule has 0 fully saturated rings. The maximum absolute atomic E-state index is 12.5. The first kappa shape index (κ1) is 14.6. The lowest BCUT2D eigenvalue weighted by Gasteiger charge is -2.16. The topological polar surface area (TPSA) is 17.1 Å². The lowest BCUT2D eigenvalue weighted by atomic mass is 10.4. The van der Waals surface area contributed by atoms with Crippen molar-refractivity contribution in [3.63, 3.8) is 0 Å². The predicted octanol–water partition coefficient (Wildman–Crippen LogP) is 5.01. The zero-order valence-corrected chi connectivity index (χ0v) is 11.6. The molecule has 0 aliphatic carbocycles. The summed E-state index contributed by atoms with van der Waals surface area (Å²) in [5.74, 6) is 1.07. The van der Waals surface area contributed by atoms with Gasteiger partial charge in [-0.25, -0.2) is 0 Å². The van der Waals surface area contributed by atoms with Crippen molar-refractivity contribution in [3.05, 3.63) is 0 Å². The molecule has 1 nitrogen and oxygen atoms in total. The van der Waals surface area contributed by atoms with Gasteiger partial charge in [0.15, 0.2) is 0 Å². The zero-order chi connectivity index (χ0) is 10.9. The Labute approximate surface area is 93.5 Å². The maximum atomic E-state index is 12.5. The Morgan fingerprint density at radius 3 is 1.79 bits per heavy atom. The van der Waals surface area contributed by atoms with E-state index >= 15 is 0 Å². The molecule has 14 heavy (non-hydrogen) atoms. The van der Waals surface area contributed by atoms with Crippen molar-refractivity contribution in [2.75, 3.05) is 18.1 Å². The second-order valence-electron chi connectivity index (χ2n) is 3.80. The Kier molecular flexibility index (Phi) is 9.22. The highest BCUT2D eigenvalue weighted by Crippen LogP contribution is 2.59. The van der Waals surface area contributed by atoms with Crippen LogP contribution in [0.25, 0.3) is 0 Å². The molecule has 3 heteroatoms. The average Bonchev–Trinajstić information content (AvgIpc) is 2.21. The lowest BCUT2D eigenvalue weighted by molar-refractivity contribution is 0.580. The molecule has 0 bridgehead atoms. The molecule has 0 rings (SSSR count). The average molecular weight is 236 g/mol. The molecule has 0 amide bonds. The van der Waals surface area contributed by atoms with Crippen molar-refractivity contribution in [1.29, 1.82) is 0 Å². The van der Waals surface area contributed by atoms with E-state index in [1.165, 1.54) is 12.8 Å². The van der Waals surface area contributed by atoms with Gasteiger partial charge in [0.05, 0.1) is 0 Å². The standard InChI is InChI=1S/C11H25OPS/c1-4-7-9-13(12,10-8-5-2)14-11-6-3/h4-11H2,1-3H3. The van der Waals surface area contributed by atoms with Gasteiger partial charge in [0.1, 0.15) is 6.34 Å². The first-order valence-corrected chi connectivity index (χ1v) is 9.58. The first-order valence-electron chi connectivity index (χ1n) is 5.91. The smallest absolute Gasteiger partial charge is 0.139 e. The monoisotopic (exact) mass is 236 g/mol. The molecule has 0 aliphatic rings. The van der Waals surface area contributed by atoms with Crippen LogP contribution in [0.1, 0.15) is 52.9 Å². The number of rotatable bonds is 9. The van der Waals surface area contributed by atoms with Gasteiger partial charge >= 0.3 is 0 Å². The second-order valence-corrected chi connectivity index (χ2v) is 9.76. The van der Waals surface area contributed by atoms with Crippen molar-refractivity contribution >= 4 is 17.7 Å². The SMILES string of the molecule is CCCCP(=O)(CCCC)SCCC. The van der Waals surface area contributed by atoms with E-state index in [4.69, 9.17) is 0 Å². The van der Waals surface area contributed by atoms with Gasteiger partial charge in [-0.3, -0.25) is 0 Å². The van der Waals surface area contributed by atoms with Gasteiger partial charge in [-0.2, -0.15) is 0 Å². The Balaban J connectivity index is 3.97. The highest BCUT2D eigenvalue weighted by atomic mass is 32.7. The number of hydrogen-bond acceptors (Lipinski definition) is 2. The molecule has 0 heterocycles. The fourth-order valence-electron chi connectivity index (χ4n) is 1.30. The van der Waals surface area contributed by atoms with Gasteiger partial charge in [0, 0.05) is 18.1 Å². The Hall–Kier alpha value is 0.580. The summed E-state index contributed by atoms with van der Waals surface area (Å²) in [5.41, 5.74) is 0. The van der Waals surface area contributed by atoms with Crippen molar-refractivity contribution in [1.82, 2.24) is 0 Å². The van der Waals surface area contributed by atoms with Crippen LogP contribution in [0, 0.1) is 0 Å². The summed E-state index contributed by atoms with van der Waals surface area (Å²) in [6, 6.07) is 0. The van der Waals surface area contributed by atoms with Gasteiger partial charge in [-0.05, 0) is 19.3 Å². The van der Waals surface area contributed by atoms with E-state index in [0.717, 1.165) is 37.3 Å². The Morgan fingerprint density at radius 1 is 0.929 bits per heavy atom. The summed E-state index contributed by atoms with van der Waals surface area (Å²) in [4.78, 5) is 0. The van der Waals surface area contributed by atoms with Crippen LogP contribution in [-0.2, 0) is 4.57 Å². The van der Waals surface area contributed by atoms with Gasteiger partial charge < -0.3 is 4.57 Å². The number of hydrogen-bond donors (Lipinski definition) is 0. The van der Waals surface area contributed by atoms with E-state index in [2.05, 4.69) is 20.8 Å². The minimum absolute atomic E-state index is 0.966. The third-order valence-corrected chi connectivity index (χ3v) is 8.35. The summed E-state index contributed by atoms with van der Waals surface area (Å²) in [7, 11) is 0. The van der Waals surface area contributed by atoms with Crippen molar-refractivity contribution in [3.8, 4) is 0 Å². The zero-order valence-electron chi connectivity index (χ0n) is 9.92. The largest absolute Gasteiger partial charge is 0.312 e. The van der Waals surface area contributed by atoms with Crippen LogP contribution in [-0.4, -0.2) is 18.1 Å². The van der Waals surface area contributed by atoms with Crippen LogP contribution in [0.5, 0.6) is 0 Å². The van der Waals surface area contributed by atoms with Gasteiger partial charge in [0.25, 0.3) is 0 Å². The molecule has 0 unspecified atom stereocenters. The molecular weight excluding hydrogens is 211 g/mol. The van der Waals surface area contributed by atoms with Gasteiger partial charge in [0.2, 0.25) is 0 Å². The molecule has 0 spiro atoms. The van der Waals surface area contributed by atoms with Crippen LogP contribution in [0.2, 0.25) is 0 Å². The fraction of sp³-hybridized carbons (Fsp3) is 1.00. The number of unbranched alkanes of at least 4 members (excludes halogenated alkanes) is 2. The molecule has 0 saturated heterocycles. The molecule has 0 radical (unpaired) electrons. The van der Waals surface area contributed by atoms with Crippen LogP contribution in [0.15, 0.2) is 0 Å². The molecule has 0 N–H and O–H groups in total. The summed E-state index contributed by atoms with van der Waals surface area (Å²) >= 11 is 1.76.